The number of anilines is 1. The maximum Gasteiger partial charge on any atom is 0.0950 e. The maximum absolute atomic E-state index is 7.40. The molecule has 1 aliphatic rings. The van der Waals surface area contributed by atoms with Crippen LogP contribution in [0.3, 0.4) is 0 Å². The average Bonchev–Trinajstić information content (AvgIpc) is 3.23. The number of fused-ring (bicyclic) bond motifs is 1. The van der Waals surface area contributed by atoms with Gasteiger partial charge in [0.25, 0.3) is 0 Å². The monoisotopic (exact) mass is 255 g/mol. The molecule has 5 heteroatoms. The molecule has 1 aliphatic carbocycles. The molecular formula is C14H17N5. The molecule has 2 aromatic rings. The summed E-state index contributed by atoms with van der Waals surface area (Å²) >= 11 is 0. The predicted molar refractivity (Wildman–Crippen MR) is 76.4 cm³/mol. The molecule has 0 amide bonds. The van der Waals surface area contributed by atoms with Crippen LogP contribution in [0.4, 0.5) is 5.69 Å². The van der Waals surface area contributed by atoms with E-state index in [4.69, 9.17) is 11.1 Å². The fourth-order valence-electron chi connectivity index (χ4n) is 2.35. The van der Waals surface area contributed by atoms with Crippen molar-refractivity contribution in [3.63, 3.8) is 0 Å². The van der Waals surface area contributed by atoms with Gasteiger partial charge in [-0.1, -0.05) is 18.2 Å². The van der Waals surface area contributed by atoms with Gasteiger partial charge in [-0.3, -0.25) is 5.41 Å². The standard InChI is InChI=1S/C14H17N5/c15-14(16)7-8-19(10-5-6-10)13-9-17-18-12-4-2-1-3-11(12)13/h1-4,9-10H,5-8H2,(H3,15,16). The Morgan fingerprint density at radius 2 is 2.16 bits per heavy atom. The van der Waals surface area contributed by atoms with Gasteiger partial charge in [-0.25, -0.2) is 0 Å². The van der Waals surface area contributed by atoms with Gasteiger partial charge in [0.15, 0.2) is 0 Å². The SMILES string of the molecule is N=C(N)CCN(c1cnnc2ccccc12)C1CC1. The van der Waals surface area contributed by atoms with Crippen molar-refractivity contribution >= 4 is 22.4 Å². The normalized spacial score (nSPS) is 14.5. The van der Waals surface area contributed by atoms with Gasteiger partial charge in [-0.05, 0) is 18.9 Å². The van der Waals surface area contributed by atoms with E-state index in [1.165, 1.54) is 12.8 Å². The summed E-state index contributed by atoms with van der Waals surface area (Å²) < 4.78 is 0. The summed E-state index contributed by atoms with van der Waals surface area (Å²) in [6.07, 6.45) is 4.82. The number of amidine groups is 1. The number of nitrogens with zero attached hydrogens (tertiary/aromatic N) is 3. The Labute approximate surface area is 111 Å². The van der Waals surface area contributed by atoms with E-state index in [-0.39, 0.29) is 5.84 Å². The number of hydrogen-bond donors (Lipinski definition) is 2. The molecule has 3 N–H and O–H groups in total. The fourth-order valence-corrected chi connectivity index (χ4v) is 2.35. The lowest BCUT2D eigenvalue weighted by Crippen LogP contribution is -2.30. The fraction of sp³-hybridized carbons (Fsp3) is 0.357. The summed E-state index contributed by atoms with van der Waals surface area (Å²) in [4.78, 5) is 2.32. The summed E-state index contributed by atoms with van der Waals surface area (Å²) in [5.41, 5.74) is 7.50. The quantitative estimate of drug-likeness (QED) is 0.632. The number of nitrogens with one attached hydrogen (secondary N) is 1. The van der Waals surface area contributed by atoms with Crippen molar-refractivity contribution in [1.82, 2.24) is 10.2 Å². The van der Waals surface area contributed by atoms with Crippen LogP contribution in [0.15, 0.2) is 30.5 Å². The number of nitrogens with two attached hydrogens (primary N) is 1. The number of hydrogen-bond acceptors (Lipinski definition) is 4. The van der Waals surface area contributed by atoms with Crippen LogP contribution in [-0.2, 0) is 0 Å². The maximum atomic E-state index is 7.40. The van der Waals surface area contributed by atoms with Crippen LogP contribution >= 0.6 is 0 Å². The van der Waals surface area contributed by atoms with Gasteiger partial charge in [-0.2, -0.15) is 10.2 Å². The topological polar surface area (TPSA) is 78.9 Å². The Bertz CT molecular complexity index is 600. The first-order valence-corrected chi connectivity index (χ1v) is 6.55. The molecule has 1 aromatic heterocycles. The van der Waals surface area contributed by atoms with Gasteiger partial charge >= 0.3 is 0 Å². The van der Waals surface area contributed by atoms with Crippen LogP contribution in [0.2, 0.25) is 0 Å². The van der Waals surface area contributed by atoms with E-state index in [0.29, 0.717) is 12.5 Å². The lowest BCUT2D eigenvalue weighted by Gasteiger charge is -2.25. The molecule has 1 heterocycles. The Kier molecular flexibility index (Phi) is 3.03. The lowest BCUT2D eigenvalue weighted by atomic mass is 10.2. The number of aromatic nitrogens is 2. The highest BCUT2D eigenvalue weighted by Gasteiger charge is 2.30. The third-order valence-electron chi connectivity index (χ3n) is 3.44. The molecule has 0 atom stereocenters. The van der Waals surface area contributed by atoms with Crippen molar-refractivity contribution < 1.29 is 0 Å². The van der Waals surface area contributed by atoms with Gasteiger partial charge in [-0.15, -0.1) is 0 Å². The third-order valence-corrected chi connectivity index (χ3v) is 3.44. The molecule has 1 fully saturated rings. The van der Waals surface area contributed by atoms with Crippen molar-refractivity contribution in [3.8, 4) is 0 Å². The molecule has 0 bridgehead atoms. The van der Waals surface area contributed by atoms with E-state index < -0.39 is 0 Å². The van der Waals surface area contributed by atoms with Crippen LogP contribution in [0, 0.1) is 5.41 Å². The van der Waals surface area contributed by atoms with Crippen molar-refractivity contribution in [1.29, 1.82) is 5.41 Å². The molecular weight excluding hydrogens is 238 g/mol. The van der Waals surface area contributed by atoms with Crippen molar-refractivity contribution in [2.45, 2.75) is 25.3 Å². The highest BCUT2D eigenvalue weighted by Crippen LogP contribution is 2.34. The van der Waals surface area contributed by atoms with Crippen LogP contribution in [0.5, 0.6) is 0 Å². The molecule has 1 saturated carbocycles. The Hall–Kier alpha value is -2.17. The van der Waals surface area contributed by atoms with Gasteiger partial charge in [0.1, 0.15) is 0 Å². The molecule has 98 valence electrons. The second kappa shape index (κ2) is 4.84. The second-order valence-corrected chi connectivity index (χ2v) is 4.95. The first-order chi connectivity index (χ1) is 9.25. The molecule has 0 aliphatic heterocycles. The molecule has 19 heavy (non-hydrogen) atoms. The zero-order chi connectivity index (χ0) is 13.2. The minimum absolute atomic E-state index is 0.233. The molecule has 0 unspecified atom stereocenters. The molecule has 0 spiro atoms. The first-order valence-electron chi connectivity index (χ1n) is 6.55. The predicted octanol–water partition coefficient (Wildman–Crippen LogP) is 1.92. The minimum atomic E-state index is 0.233. The van der Waals surface area contributed by atoms with Crippen LogP contribution < -0.4 is 10.6 Å². The Morgan fingerprint density at radius 1 is 1.37 bits per heavy atom. The molecule has 3 rings (SSSR count). The molecule has 0 saturated heterocycles. The van der Waals surface area contributed by atoms with E-state index in [9.17, 15) is 0 Å². The summed E-state index contributed by atoms with van der Waals surface area (Å²) in [5.74, 6) is 0.233. The summed E-state index contributed by atoms with van der Waals surface area (Å²) in [7, 11) is 0. The van der Waals surface area contributed by atoms with Crippen LogP contribution in [0.1, 0.15) is 19.3 Å². The number of benzene rings is 1. The summed E-state index contributed by atoms with van der Waals surface area (Å²) in [6, 6.07) is 8.60. The summed E-state index contributed by atoms with van der Waals surface area (Å²) in [5, 5.41) is 16.8. The minimum Gasteiger partial charge on any atom is -0.388 e. The van der Waals surface area contributed by atoms with E-state index in [1.807, 2.05) is 24.4 Å². The summed E-state index contributed by atoms with van der Waals surface area (Å²) in [6.45, 7) is 0.773. The number of rotatable bonds is 5. The third kappa shape index (κ3) is 2.50. The van der Waals surface area contributed by atoms with Crippen LogP contribution in [-0.4, -0.2) is 28.6 Å². The highest BCUT2D eigenvalue weighted by molar-refractivity contribution is 5.91. The van der Waals surface area contributed by atoms with Crippen molar-refractivity contribution in [3.05, 3.63) is 30.5 Å². The molecule has 1 aromatic carbocycles. The zero-order valence-electron chi connectivity index (χ0n) is 10.7. The molecule has 5 nitrogen and oxygen atoms in total. The lowest BCUT2D eigenvalue weighted by molar-refractivity contribution is 0.795. The molecule has 0 radical (unpaired) electrons. The highest BCUT2D eigenvalue weighted by atomic mass is 15.2. The van der Waals surface area contributed by atoms with E-state index in [1.54, 1.807) is 0 Å². The van der Waals surface area contributed by atoms with Crippen molar-refractivity contribution in [2.24, 2.45) is 5.73 Å². The van der Waals surface area contributed by atoms with E-state index >= 15 is 0 Å². The Balaban J connectivity index is 1.97. The van der Waals surface area contributed by atoms with Crippen molar-refractivity contribution in [2.75, 3.05) is 11.4 Å². The second-order valence-electron chi connectivity index (χ2n) is 4.95. The first kappa shape index (κ1) is 11.9. The zero-order valence-corrected chi connectivity index (χ0v) is 10.7. The van der Waals surface area contributed by atoms with Gasteiger partial charge in [0.2, 0.25) is 0 Å². The van der Waals surface area contributed by atoms with Gasteiger partial charge in [0.05, 0.1) is 23.2 Å². The van der Waals surface area contributed by atoms with E-state index in [0.717, 1.165) is 23.1 Å². The van der Waals surface area contributed by atoms with Gasteiger partial charge < -0.3 is 10.6 Å². The van der Waals surface area contributed by atoms with Crippen LogP contribution in [0.25, 0.3) is 10.9 Å². The van der Waals surface area contributed by atoms with E-state index in [2.05, 4.69) is 21.2 Å². The smallest absolute Gasteiger partial charge is 0.0950 e. The Morgan fingerprint density at radius 3 is 2.89 bits per heavy atom. The van der Waals surface area contributed by atoms with Gasteiger partial charge in [0, 0.05) is 24.4 Å². The largest absolute Gasteiger partial charge is 0.388 e. The average molecular weight is 255 g/mol.